The van der Waals surface area contributed by atoms with Crippen molar-refractivity contribution in [3.63, 3.8) is 0 Å². The Labute approximate surface area is 117 Å². The van der Waals surface area contributed by atoms with Gasteiger partial charge in [-0.2, -0.15) is 0 Å². The molecule has 0 aromatic carbocycles. The monoisotopic (exact) mass is 272 g/mol. The van der Waals surface area contributed by atoms with Crippen LogP contribution in [0.5, 0.6) is 0 Å². The summed E-state index contributed by atoms with van der Waals surface area (Å²) in [5.74, 6) is 0.0609. The Morgan fingerprint density at radius 1 is 1.00 bits per heavy atom. The third kappa shape index (κ3) is 13.4. The zero-order valence-corrected chi connectivity index (χ0v) is 12.5. The van der Waals surface area contributed by atoms with Gasteiger partial charge in [-0.05, 0) is 6.42 Å². The van der Waals surface area contributed by atoms with Crippen LogP contribution in [0.25, 0.3) is 0 Å². The molecule has 0 aliphatic rings. The quantitative estimate of drug-likeness (QED) is 0.423. The van der Waals surface area contributed by atoms with Crippen molar-refractivity contribution in [1.29, 1.82) is 0 Å². The summed E-state index contributed by atoms with van der Waals surface area (Å²) in [6, 6.07) is 0. The van der Waals surface area contributed by atoms with Crippen molar-refractivity contribution in [2.75, 3.05) is 6.54 Å². The van der Waals surface area contributed by atoms with E-state index in [0.717, 1.165) is 12.8 Å². The lowest BCUT2D eigenvalue weighted by molar-refractivity contribution is -0.120. The Balaban J connectivity index is 3.15. The summed E-state index contributed by atoms with van der Waals surface area (Å²) in [4.78, 5) is 11.7. The lowest BCUT2D eigenvalue weighted by Crippen LogP contribution is -2.31. The summed E-state index contributed by atoms with van der Waals surface area (Å²) in [7, 11) is 0. The van der Waals surface area contributed by atoms with E-state index in [0.29, 0.717) is 18.0 Å². The maximum Gasteiger partial charge on any atom is 0.220 e. The van der Waals surface area contributed by atoms with Crippen LogP contribution in [0.1, 0.15) is 71.1 Å². The summed E-state index contributed by atoms with van der Waals surface area (Å²) < 4.78 is 0. The molecule has 4 heteroatoms. The summed E-state index contributed by atoms with van der Waals surface area (Å²) >= 11 is 4.69. The molecule has 0 atom stereocenters. The maximum absolute atomic E-state index is 11.3. The van der Waals surface area contributed by atoms with Crippen LogP contribution >= 0.6 is 12.2 Å². The van der Waals surface area contributed by atoms with Gasteiger partial charge in [-0.25, -0.2) is 0 Å². The second-order valence-electron chi connectivity index (χ2n) is 4.82. The fourth-order valence-corrected chi connectivity index (χ4v) is 1.94. The average molecular weight is 272 g/mol. The van der Waals surface area contributed by atoms with Gasteiger partial charge in [-0.3, -0.25) is 4.79 Å². The fraction of sp³-hybridized carbons (Fsp3) is 0.857. The molecule has 18 heavy (non-hydrogen) atoms. The van der Waals surface area contributed by atoms with Gasteiger partial charge in [0.1, 0.15) is 0 Å². The molecule has 0 spiro atoms. The van der Waals surface area contributed by atoms with Crippen molar-refractivity contribution >= 4 is 23.1 Å². The van der Waals surface area contributed by atoms with Crippen LogP contribution < -0.4 is 11.1 Å². The molecule has 0 saturated heterocycles. The molecule has 0 heterocycles. The van der Waals surface area contributed by atoms with Crippen molar-refractivity contribution in [3.05, 3.63) is 0 Å². The molecule has 0 aliphatic heterocycles. The van der Waals surface area contributed by atoms with Gasteiger partial charge in [-0.15, -0.1) is 0 Å². The fourth-order valence-electron chi connectivity index (χ4n) is 1.87. The first-order valence-electron chi connectivity index (χ1n) is 7.21. The second-order valence-corrected chi connectivity index (χ2v) is 5.35. The molecule has 0 fully saturated rings. The number of unbranched alkanes of at least 4 members (excludes halogenated alkanes) is 8. The van der Waals surface area contributed by atoms with E-state index in [4.69, 9.17) is 18.0 Å². The maximum atomic E-state index is 11.3. The first-order chi connectivity index (χ1) is 8.66. The number of nitrogens with two attached hydrogens (primary N) is 1. The predicted octanol–water partition coefficient (Wildman–Crippen LogP) is 3.31. The van der Waals surface area contributed by atoms with Crippen molar-refractivity contribution in [1.82, 2.24) is 5.32 Å². The van der Waals surface area contributed by atoms with Crippen LogP contribution in [0.4, 0.5) is 0 Å². The minimum atomic E-state index is 0.0609. The molecule has 3 N–H and O–H groups in total. The predicted molar refractivity (Wildman–Crippen MR) is 81.6 cm³/mol. The molecule has 0 aromatic rings. The SMILES string of the molecule is CCCCCCCCCCCC(=O)NCC(N)=S. The summed E-state index contributed by atoms with van der Waals surface area (Å²) in [5, 5.41) is 2.70. The average Bonchev–Trinajstić information content (AvgIpc) is 2.34. The molecule has 0 saturated carbocycles. The second kappa shape index (κ2) is 12.8. The number of nitrogens with one attached hydrogen (secondary N) is 1. The summed E-state index contributed by atoms with van der Waals surface area (Å²) in [6.07, 6.45) is 12.0. The molecule has 0 radical (unpaired) electrons. The molecule has 3 nitrogen and oxygen atoms in total. The lowest BCUT2D eigenvalue weighted by Gasteiger charge is -2.04. The van der Waals surface area contributed by atoms with E-state index in [2.05, 4.69) is 12.2 Å². The van der Waals surface area contributed by atoms with Gasteiger partial charge in [0.05, 0.1) is 11.5 Å². The number of rotatable bonds is 12. The van der Waals surface area contributed by atoms with Crippen LogP contribution in [0.2, 0.25) is 0 Å². The lowest BCUT2D eigenvalue weighted by atomic mass is 10.1. The zero-order valence-electron chi connectivity index (χ0n) is 11.7. The van der Waals surface area contributed by atoms with Gasteiger partial charge in [0, 0.05) is 6.42 Å². The Morgan fingerprint density at radius 2 is 1.50 bits per heavy atom. The Kier molecular flexibility index (Phi) is 12.4. The molecule has 1 amide bonds. The topological polar surface area (TPSA) is 55.1 Å². The molecule has 0 bridgehead atoms. The van der Waals surface area contributed by atoms with Crippen LogP contribution in [-0.2, 0) is 4.79 Å². The van der Waals surface area contributed by atoms with Crippen LogP contribution in [-0.4, -0.2) is 17.4 Å². The van der Waals surface area contributed by atoms with E-state index in [1.54, 1.807) is 0 Å². The van der Waals surface area contributed by atoms with Gasteiger partial charge in [-0.1, -0.05) is 70.5 Å². The molecular weight excluding hydrogens is 244 g/mol. The van der Waals surface area contributed by atoms with E-state index in [1.165, 1.54) is 44.9 Å². The van der Waals surface area contributed by atoms with E-state index >= 15 is 0 Å². The third-order valence-corrected chi connectivity index (χ3v) is 3.11. The number of hydrogen-bond donors (Lipinski definition) is 2. The highest BCUT2D eigenvalue weighted by atomic mass is 32.1. The first kappa shape index (κ1) is 17.4. The molecule has 0 unspecified atom stereocenters. The van der Waals surface area contributed by atoms with Gasteiger partial charge in [0.2, 0.25) is 5.91 Å². The van der Waals surface area contributed by atoms with Crippen molar-refractivity contribution < 1.29 is 4.79 Å². The Bertz CT molecular complexity index is 232. The highest BCUT2D eigenvalue weighted by Gasteiger charge is 2.00. The molecule has 0 rings (SSSR count). The highest BCUT2D eigenvalue weighted by molar-refractivity contribution is 7.80. The van der Waals surface area contributed by atoms with Gasteiger partial charge in [0.25, 0.3) is 0 Å². The van der Waals surface area contributed by atoms with E-state index < -0.39 is 0 Å². The first-order valence-corrected chi connectivity index (χ1v) is 7.62. The molecule has 106 valence electrons. The van der Waals surface area contributed by atoms with Crippen molar-refractivity contribution in [2.45, 2.75) is 71.1 Å². The minimum Gasteiger partial charge on any atom is -0.392 e. The number of amides is 1. The highest BCUT2D eigenvalue weighted by Crippen LogP contribution is 2.10. The Morgan fingerprint density at radius 3 is 2.00 bits per heavy atom. The van der Waals surface area contributed by atoms with Crippen LogP contribution in [0, 0.1) is 0 Å². The van der Waals surface area contributed by atoms with Crippen LogP contribution in [0.15, 0.2) is 0 Å². The number of carbonyl (C=O) groups excluding carboxylic acids is 1. The number of carbonyl (C=O) groups is 1. The minimum absolute atomic E-state index is 0.0609. The van der Waals surface area contributed by atoms with Gasteiger partial charge in [0.15, 0.2) is 0 Å². The summed E-state index contributed by atoms with van der Waals surface area (Å²) in [6.45, 7) is 2.56. The summed E-state index contributed by atoms with van der Waals surface area (Å²) in [5.41, 5.74) is 5.30. The van der Waals surface area contributed by atoms with Crippen molar-refractivity contribution in [3.8, 4) is 0 Å². The number of thiocarbonyl (C=S) groups is 1. The smallest absolute Gasteiger partial charge is 0.220 e. The van der Waals surface area contributed by atoms with E-state index in [1.807, 2.05) is 0 Å². The normalized spacial score (nSPS) is 10.3. The van der Waals surface area contributed by atoms with Gasteiger partial charge < -0.3 is 11.1 Å². The van der Waals surface area contributed by atoms with Crippen LogP contribution in [0.3, 0.4) is 0 Å². The largest absolute Gasteiger partial charge is 0.392 e. The standard InChI is InChI=1S/C14H28N2OS/c1-2-3-4-5-6-7-8-9-10-11-14(17)16-12-13(15)18/h2-12H2,1H3,(H2,15,18)(H,16,17). The molecular formula is C14H28N2OS. The number of hydrogen-bond acceptors (Lipinski definition) is 2. The van der Waals surface area contributed by atoms with E-state index in [9.17, 15) is 4.79 Å². The van der Waals surface area contributed by atoms with Gasteiger partial charge >= 0.3 is 0 Å². The van der Waals surface area contributed by atoms with E-state index in [-0.39, 0.29) is 5.91 Å². The molecule has 0 aromatic heterocycles. The Hall–Kier alpha value is -0.640. The molecule has 0 aliphatic carbocycles. The zero-order chi connectivity index (χ0) is 13.6. The van der Waals surface area contributed by atoms with Crippen molar-refractivity contribution in [2.24, 2.45) is 5.73 Å². The third-order valence-electron chi connectivity index (χ3n) is 2.97.